The average molecular weight is 292 g/mol. The van der Waals surface area contributed by atoms with Crippen molar-refractivity contribution >= 4 is 11.6 Å². The molecular formula is C17H19ClFN. The van der Waals surface area contributed by atoms with E-state index in [-0.39, 0.29) is 11.9 Å². The van der Waals surface area contributed by atoms with Crippen LogP contribution in [0.25, 0.3) is 0 Å². The second kappa shape index (κ2) is 6.38. The van der Waals surface area contributed by atoms with E-state index < -0.39 is 0 Å². The quantitative estimate of drug-likeness (QED) is 0.853. The van der Waals surface area contributed by atoms with Crippen LogP contribution in [-0.2, 0) is 0 Å². The van der Waals surface area contributed by atoms with Gasteiger partial charge in [-0.3, -0.25) is 0 Å². The van der Waals surface area contributed by atoms with Gasteiger partial charge in [0, 0.05) is 10.6 Å². The summed E-state index contributed by atoms with van der Waals surface area (Å²) in [5.74, 6) is -0.215. The summed E-state index contributed by atoms with van der Waals surface area (Å²) in [6.45, 7) is 6.81. The molecule has 2 aromatic carbocycles. The van der Waals surface area contributed by atoms with Gasteiger partial charge in [-0.15, -0.1) is 0 Å². The molecule has 0 saturated carbocycles. The van der Waals surface area contributed by atoms with E-state index in [1.54, 1.807) is 12.1 Å². The number of rotatable bonds is 4. The predicted octanol–water partition coefficient (Wildman–Crippen LogP) is 4.79. The summed E-state index contributed by atoms with van der Waals surface area (Å²) in [5.41, 5.74) is 3.84. The molecule has 0 saturated heterocycles. The number of hydrogen-bond donors (Lipinski definition) is 1. The molecule has 0 aliphatic rings. The lowest BCUT2D eigenvalue weighted by Crippen LogP contribution is -2.23. The first-order valence-corrected chi connectivity index (χ1v) is 7.16. The van der Waals surface area contributed by atoms with Crippen molar-refractivity contribution in [2.24, 2.45) is 0 Å². The zero-order valence-electron chi connectivity index (χ0n) is 12.0. The van der Waals surface area contributed by atoms with Crippen LogP contribution in [0.4, 0.5) is 4.39 Å². The third kappa shape index (κ3) is 3.02. The molecule has 1 unspecified atom stereocenters. The standard InChI is InChI=1S/C17H19ClFN/c1-4-20-17(13-7-5-6-8-16(13)19)14-9-11(2)12(3)10-15(14)18/h5-10,17,20H,4H2,1-3H3. The summed E-state index contributed by atoms with van der Waals surface area (Å²) < 4.78 is 14.1. The van der Waals surface area contributed by atoms with E-state index >= 15 is 0 Å². The summed E-state index contributed by atoms with van der Waals surface area (Å²) in [5, 5.41) is 3.99. The molecule has 20 heavy (non-hydrogen) atoms. The minimum Gasteiger partial charge on any atom is -0.306 e. The molecule has 0 aromatic heterocycles. The topological polar surface area (TPSA) is 12.0 Å². The zero-order chi connectivity index (χ0) is 14.7. The largest absolute Gasteiger partial charge is 0.306 e. The fraction of sp³-hybridized carbons (Fsp3) is 0.294. The smallest absolute Gasteiger partial charge is 0.128 e. The van der Waals surface area contributed by atoms with Gasteiger partial charge in [0.05, 0.1) is 6.04 Å². The van der Waals surface area contributed by atoms with E-state index in [4.69, 9.17) is 11.6 Å². The van der Waals surface area contributed by atoms with E-state index in [2.05, 4.69) is 5.32 Å². The van der Waals surface area contributed by atoms with Crippen molar-refractivity contribution in [2.45, 2.75) is 26.8 Å². The molecule has 0 aliphatic carbocycles. The van der Waals surface area contributed by atoms with Crippen LogP contribution in [0.1, 0.15) is 35.2 Å². The van der Waals surface area contributed by atoms with Crippen LogP contribution in [0.3, 0.4) is 0 Å². The Morgan fingerprint density at radius 3 is 2.40 bits per heavy atom. The Labute approximate surface area is 124 Å². The van der Waals surface area contributed by atoms with Crippen molar-refractivity contribution in [1.82, 2.24) is 5.32 Å². The van der Waals surface area contributed by atoms with E-state index in [1.807, 2.05) is 39.0 Å². The minimum atomic E-state index is -0.229. The van der Waals surface area contributed by atoms with Crippen LogP contribution >= 0.6 is 11.6 Å². The summed E-state index contributed by atoms with van der Waals surface area (Å²) in [6.07, 6.45) is 0. The van der Waals surface area contributed by atoms with Crippen molar-refractivity contribution in [3.8, 4) is 0 Å². The van der Waals surface area contributed by atoms with Crippen LogP contribution in [0.5, 0.6) is 0 Å². The molecule has 2 aromatic rings. The Balaban J connectivity index is 2.54. The molecule has 0 aliphatic heterocycles. The normalized spacial score (nSPS) is 12.4. The lowest BCUT2D eigenvalue weighted by atomic mass is 9.95. The van der Waals surface area contributed by atoms with Crippen LogP contribution < -0.4 is 5.32 Å². The van der Waals surface area contributed by atoms with Gasteiger partial charge in [-0.1, -0.05) is 42.8 Å². The highest BCUT2D eigenvalue weighted by molar-refractivity contribution is 6.31. The van der Waals surface area contributed by atoms with Crippen molar-refractivity contribution in [3.63, 3.8) is 0 Å². The van der Waals surface area contributed by atoms with Crippen molar-refractivity contribution in [3.05, 3.63) is 69.5 Å². The maximum atomic E-state index is 14.1. The molecule has 0 radical (unpaired) electrons. The monoisotopic (exact) mass is 291 g/mol. The van der Waals surface area contributed by atoms with Gasteiger partial charge in [0.1, 0.15) is 5.82 Å². The van der Waals surface area contributed by atoms with Gasteiger partial charge in [0.25, 0.3) is 0 Å². The molecule has 0 bridgehead atoms. The molecule has 1 N–H and O–H groups in total. The van der Waals surface area contributed by atoms with Gasteiger partial charge in [0.15, 0.2) is 0 Å². The molecule has 0 spiro atoms. The van der Waals surface area contributed by atoms with Gasteiger partial charge in [-0.2, -0.15) is 0 Å². The molecule has 2 rings (SSSR count). The van der Waals surface area contributed by atoms with Gasteiger partial charge in [-0.25, -0.2) is 4.39 Å². The Kier molecular flexibility index (Phi) is 4.79. The van der Waals surface area contributed by atoms with E-state index in [1.165, 1.54) is 6.07 Å². The van der Waals surface area contributed by atoms with E-state index in [9.17, 15) is 4.39 Å². The van der Waals surface area contributed by atoms with Gasteiger partial charge < -0.3 is 5.32 Å². The zero-order valence-corrected chi connectivity index (χ0v) is 12.8. The van der Waals surface area contributed by atoms with E-state index in [0.717, 1.165) is 23.2 Å². The number of nitrogens with one attached hydrogen (secondary N) is 1. The fourth-order valence-corrected chi connectivity index (χ4v) is 2.65. The Bertz CT molecular complexity index is 610. The predicted molar refractivity (Wildman–Crippen MR) is 82.8 cm³/mol. The van der Waals surface area contributed by atoms with Crippen molar-refractivity contribution in [1.29, 1.82) is 0 Å². The number of hydrogen-bond acceptors (Lipinski definition) is 1. The SMILES string of the molecule is CCNC(c1ccccc1F)c1cc(C)c(C)cc1Cl. The molecule has 0 amide bonds. The van der Waals surface area contributed by atoms with Crippen LogP contribution in [0, 0.1) is 19.7 Å². The number of benzene rings is 2. The molecule has 1 atom stereocenters. The summed E-state index contributed by atoms with van der Waals surface area (Å²) in [7, 11) is 0. The average Bonchev–Trinajstić information content (AvgIpc) is 2.42. The van der Waals surface area contributed by atoms with Gasteiger partial charge >= 0.3 is 0 Å². The van der Waals surface area contributed by atoms with Crippen LogP contribution in [0.2, 0.25) is 5.02 Å². The lowest BCUT2D eigenvalue weighted by Gasteiger charge is -2.22. The molecule has 106 valence electrons. The van der Waals surface area contributed by atoms with Crippen molar-refractivity contribution in [2.75, 3.05) is 6.54 Å². The Hall–Kier alpha value is -1.38. The second-order valence-corrected chi connectivity index (χ2v) is 5.38. The molecule has 0 fully saturated rings. The van der Waals surface area contributed by atoms with Gasteiger partial charge in [0.2, 0.25) is 0 Å². The van der Waals surface area contributed by atoms with Gasteiger partial charge in [-0.05, 0) is 49.2 Å². The fourth-order valence-electron chi connectivity index (χ4n) is 2.33. The summed E-state index contributed by atoms with van der Waals surface area (Å²) >= 11 is 6.37. The highest BCUT2D eigenvalue weighted by atomic mass is 35.5. The highest BCUT2D eigenvalue weighted by Crippen LogP contribution is 2.31. The molecule has 3 heteroatoms. The van der Waals surface area contributed by atoms with Crippen LogP contribution in [-0.4, -0.2) is 6.54 Å². The highest BCUT2D eigenvalue weighted by Gasteiger charge is 2.19. The minimum absolute atomic E-state index is 0.215. The molecule has 1 nitrogen and oxygen atoms in total. The molecular weight excluding hydrogens is 273 g/mol. The third-order valence-electron chi connectivity index (χ3n) is 3.55. The maximum absolute atomic E-state index is 14.1. The summed E-state index contributed by atoms with van der Waals surface area (Å²) in [4.78, 5) is 0. The van der Waals surface area contributed by atoms with Crippen molar-refractivity contribution < 1.29 is 4.39 Å². The lowest BCUT2D eigenvalue weighted by molar-refractivity contribution is 0.559. The van der Waals surface area contributed by atoms with Crippen LogP contribution in [0.15, 0.2) is 36.4 Å². The Morgan fingerprint density at radius 2 is 1.75 bits per heavy atom. The first-order valence-electron chi connectivity index (χ1n) is 6.79. The third-order valence-corrected chi connectivity index (χ3v) is 3.88. The Morgan fingerprint density at radius 1 is 1.10 bits per heavy atom. The number of aryl methyl sites for hydroxylation is 2. The summed E-state index contributed by atoms with van der Waals surface area (Å²) in [6, 6.07) is 10.6. The number of halogens is 2. The molecule has 0 heterocycles. The van der Waals surface area contributed by atoms with E-state index in [0.29, 0.717) is 10.6 Å². The second-order valence-electron chi connectivity index (χ2n) is 4.97. The first-order chi connectivity index (χ1) is 9.54. The first kappa shape index (κ1) is 15.0. The maximum Gasteiger partial charge on any atom is 0.128 e.